The van der Waals surface area contributed by atoms with Gasteiger partial charge in [-0.15, -0.1) is 6.58 Å². The van der Waals surface area contributed by atoms with Crippen molar-refractivity contribution in [2.24, 2.45) is 22.9 Å². The average molecular weight is 1070 g/mol. The monoisotopic (exact) mass is 1070 g/mol. The molecule has 2 amide bonds. The molecule has 0 radical (unpaired) electrons. The molecule has 4 aliphatic rings. The third-order valence-electron chi connectivity index (χ3n) is 16.3. The number of ether oxygens (including phenoxy) is 6. The lowest BCUT2D eigenvalue weighted by Crippen LogP contribution is -2.70. The van der Waals surface area contributed by atoms with E-state index in [1.807, 2.05) is 29.2 Å². The zero-order valence-corrected chi connectivity index (χ0v) is 46.5. The summed E-state index contributed by atoms with van der Waals surface area (Å²) < 4.78 is 38.1. The molecule has 4 aromatic rings. The van der Waals surface area contributed by atoms with E-state index >= 15 is 4.79 Å². The van der Waals surface area contributed by atoms with E-state index in [0.717, 1.165) is 91.7 Å². The Morgan fingerprint density at radius 1 is 0.846 bits per heavy atom. The van der Waals surface area contributed by atoms with E-state index in [2.05, 4.69) is 55.2 Å². The number of benzene rings is 4. The van der Waals surface area contributed by atoms with Crippen molar-refractivity contribution in [2.45, 2.75) is 166 Å². The van der Waals surface area contributed by atoms with E-state index in [-0.39, 0.29) is 49.9 Å². The molecule has 8 rings (SSSR count). The zero-order valence-electron chi connectivity index (χ0n) is 46.5. The Labute approximate surface area is 462 Å². The highest BCUT2D eigenvalue weighted by Crippen LogP contribution is 2.62. The van der Waals surface area contributed by atoms with Gasteiger partial charge in [-0.2, -0.15) is 0 Å². The van der Waals surface area contributed by atoms with E-state index in [1.165, 1.54) is 39.2 Å². The molecule has 78 heavy (non-hydrogen) atoms. The second-order valence-corrected chi connectivity index (χ2v) is 21.5. The van der Waals surface area contributed by atoms with Crippen molar-refractivity contribution in [1.29, 1.82) is 0 Å². The van der Waals surface area contributed by atoms with Crippen molar-refractivity contribution in [3.05, 3.63) is 114 Å². The van der Waals surface area contributed by atoms with Crippen LogP contribution in [-0.4, -0.2) is 91.6 Å². The number of nitrogens with zero attached hydrogens (tertiary/aromatic N) is 2. The average Bonchev–Trinajstić information content (AvgIpc) is 2.71. The molecule has 422 valence electrons. The minimum Gasteiger partial charge on any atom is -0.497 e. The summed E-state index contributed by atoms with van der Waals surface area (Å²) in [5.41, 5.74) is 3.87. The first-order chi connectivity index (χ1) is 38.2. The lowest BCUT2D eigenvalue weighted by atomic mass is 9.55. The lowest BCUT2D eigenvalue weighted by molar-refractivity contribution is -0.258. The topological polar surface area (TPSA) is 167 Å². The van der Waals surface area contributed by atoms with Crippen molar-refractivity contribution in [3.63, 3.8) is 0 Å². The van der Waals surface area contributed by atoms with Gasteiger partial charge in [0.15, 0.2) is 0 Å². The Bertz CT molecular complexity index is 2640. The molecule has 2 fully saturated rings. The van der Waals surface area contributed by atoms with Gasteiger partial charge in [-0.3, -0.25) is 10.1 Å². The number of hydrogen-bond acceptors (Lipinski definition) is 12. The summed E-state index contributed by atoms with van der Waals surface area (Å²) in [7, 11) is 3.08. The molecule has 0 spiro atoms. The summed E-state index contributed by atoms with van der Waals surface area (Å²) >= 11 is 0. The molecule has 2 heterocycles. The van der Waals surface area contributed by atoms with Gasteiger partial charge in [0.25, 0.3) is 0 Å². The number of nitrogens with one attached hydrogen (secondary N) is 1. The minimum absolute atomic E-state index is 0.00213. The predicted molar refractivity (Wildman–Crippen MR) is 305 cm³/mol. The number of anilines is 1. The van der Waals surface area contributed by atoms with Crippen LogP contribution >= 0.6 is 0 Å². The summed E-state index contributed by atoms with van der Waals surface area (Å²) in [6.45, 7) is 7.52. The van der Waals surface area contributed by atoms with Crippen LogP contribution < -0.4 is 24.3 Å². The van der Waals surface area contributed by atoms with E-state index < -0.39 is 30.1 Å². The Hall–Kier alpha value is -5.93. The number of hydrogen-bond donors (Lipinski definition) is 3. The summed E-state index contributed by atoms with van der Waals surface area (Å²) in [6, 6.07) is 24.5. The van der Waals surface area contributed by atoms with Crippen molar-refractivity contribution < 1.29 is 53.1 Å². The highest BCUT2D eigenvalue weighted by atomic mass is 16.8. The van der Waals surface area contributed by atoms with Crippen LogP contribution in [0.15, 0.2) is 108 Å². The van der Waals surface area contributed by atoms with Gasteiger partial charge < -0.3 is 48.4 Å². The fourth-order valence-corrected chi connectivity index (χ4v) is 12.5. The van der Waals surface area contributed by atoms with E-state index in [1.54, 1.807) is 37.5 Å². The van der Waals surface area contributed by atoms with Crippen LogP contribution in [0.5, 0.6) is 23.0 Å². The zero-order chi connectivity index (χ0) is 54.7. The minimum atomic E-state index is -1.48. The van der Waals surface area contributed by atoms with Crippen molar-refractivity contribution in [1.82, 2.24) is 4.90 Å². The smallest absolute Gasteiger partial charge is 0.417 e. The molecule has 7 atom stereocenters. The Kier molecular flexibility index (Phi) is 21.9. The number of oxime groups is 1. The van der Waals surface area contributed by atoms with Crippen molar-refractivity contribution in [2.75, 3.05) is 46.0 Å². The first-order valence-corrected chi connectivity index (χ1v) is 29.1. The van der Waals surface area contributed by atoms with Crippen molar-refractivity contribution >= 4 is 34.2 Å². The molecular weight excluding hydrogens is 987 g/mol. The second-order valence-electron chi connectivity index (χ2n) is 21.5. The second kappa shape index (κ2) is 29.3. The summed E-state index contributed by atoms with van der Waals surface area (Å²) in [5, 5.41) is 30.4. The molecule has 0 bridgehead atoms. The quantitative estimate of drug-likeness (QED) is 0.0258. The molecule has 7 unspecified atom stereocenters. The lowest BCUT2D eigenvalue weighted by Gasteiger charge is -2.60. The van der Waals surface area contributed by atoms with E-state index in [0.29, 0.717) is 73.2 Å². The first kappa shape index (κ1) is 58.2. The molecular formula is C64H85N3O11. The predicted octanol–water partition coefficient (Wildman–Crippen LogP) is 13.6. The van der Waals surface area contributed by atoms with Crippen molar-refractivity contribution in [3.8, 4) is 23.0 Å². The number of aliphatic hydroxyl groups is 2. The van der Waals surface area contributed by atoms with Crippen LogP contribution in [0.1, 0.15) is 152 Å². The first-order valence-electron chi connectivity index (χ1n) is 29.1. The number of methoxy groups -OCH3 is 2. The standard InChI is InChI=1S/C64H85N3O11/c1-5-7-8-9-10-11-12-13-14-30-59(70)67(44-47-27-23-26-45-24-15-16-28-50(45)47)58-43-55(66-78-60-31-19-22-39-74-60)52-40-46(25-17-20-36-68)51(29-18-21-37-69)61-53-41-49(33-35-56(53)77-64(58,62(52)61)75-38-6-2)76-63(71)65-54-34-32-48(72-3)42-57(54)73-4/h6,15-16,23-24,26-28,32-35,40-42,46,51,58,60-62,68-69H,2,5,7-14,17-22,25,29-31,36-39,43-44H2,1,3-4H3,(H,65,71). The summed E-state index contributed by atoms with van der Waals surface area (Å²) in [4.78, 5) is 38.0. The van der Waals surface area contributed by atoms with Crippen LogP contribution in [0.2, 0.25) is 0 Å². The maximum absolute atomic E-state index is 15.6. The van der Waals surface area contributed by atoms with Crippen LogP contribution in [0.3, 0.4) is 0 Å². The van der Waals surface area contributed by atoms with Gasteiger partial charge in [0.2, 0.25) is 18.0 Å². The van der Waals surface area contributed by atoms with Gasteiger partial charge in [0.05, 0.1) is 44.8 Å². The van der Waals surface area contributed by atoms with Crippen LogP contribution in [0.4, 0.5) is 10.5 Å². The highest BCUT2D eigenvalue weighted by molar-refractivity contribution is 6.03. The number of carbonyl (C=O) groups excluding carboxylic acids is 2. The Balaban J connectivity index is 1.27. The molecule has 2 aliphatic heterocycles. The number of rotatable bonds is 30. The largest absolute Gasteiger partial charge is 0.497 e. The molecule has 14 nitrogen and oxygen atoms in total. The molecule has 3 N–H and O–H groups in total. The third-order valence-corrected chi connectivity index (χ3v) is 16.3. The molecule has 1 saturated heterocycles. The Morgan fingerprint density at radius 2 is 1.60 bits per heavy atom. The molecule has 0 aromatic heterocycles. The summed E-state index contributed by atoms with van der Waals surface area (Å²) in [6.07, 6.45) is 20.6. The highest BCUT2D eigenvalue weighted by Gasteiger charge is 2.65. The van der Waals surface area contributed by atoms with Gasteiger partial charge >= 0.3 is 6.09 Å². The fourth-order valence-electron chi connectivity index (χ4n) is 12.5. The molecule has 1 saturated carbocycles. The van der Waals surface area contributed by atoms with Gasteiger partial charge in [-0.1, -0.05) is 131 Å². The van der Waals surface area contributed by atoms with Gasteiger partial charge in [0.1, 0.15) is 29.0 Å². The maximum Gasteiger partial charge on any atom is 0.417 e. The number of amides is 2. The molecule has 2 aliphatic carbocycles. The van der Waals surface area contributed by atoms with Gasteiger partial charge in [-0.05, 0) is 109 Å². The number of unbranched alkanes of at least 4 members (excludes halogenated alkanes) is 10. The number of fused-ring (bicyclic) bond motifs is 3. The van der Waals surface area contributed by atoms with Crippen LogP contribution in [-0.2, 0) is 25.7 Å². The molecule has 4 aromatic carbocycles. The molecule has 14 heteroatoms. The van der Waals surface area contributed by atoms with E-state index in [4.69, 9.17) is 38.4 Å². The van der Waals surface area contributed by atoms with Crippen LogP contribution in [0.25, 0.3) is 10.8 Å². The fraction of sp³-hybridized carbons (Fsp3) is 0.547. The number of carbonyl (C=O) groups is 2. The van der Waals surface area contributed by atoms with Crippen LogP contribution in [0, 0.1) is 17.8 Å². The maximum atomic E-state index is 15.6. The SMILES string of the molecule is C=CCOC12Oc3ccc(OC(=O)Nc4ccc(OC)cc4OC)cc3C3C(CCCCO)C(CCCCO)C=C(C(=NOC4CCCCO4)CC1N(Cc1cccc4ccccc14)C(=O)CCCCCCCCCCC)C32. The number of aliphatic hydroxyl groups excluding tert-OH is 2. The van der Waals surface area contributed by atoms with Gasteiger partial charge in [-0.25, -0.2) is 4.79 Å². The Morgan fingerprint density at radius 3 is 2.35 bits per heavy atom. The number of allylic oxidation sites excluding steroid dienone is 1. The third kappa shape index (κ3) is 14.3. The normalized spacial score (nSPS) is 22.8. The summed E-state index contributed by atoms with van der Waals surface area (Å²) in [5.74, 6) is -0.577. The van der Waals surface area contributed by atoms with Gasteiger partial charge in [0, 0.05) is 56.6 Å². The van der Waals surface area contributed by atoms with E-state index in [9.17, 15) is 15.0 Å².